The van der Waals surface area contributed by atoms with E-state index in [2.05, 4.69) is 10.4 Å². The van der Waals surface area contributed by atoms with Crippen LogP contribution in [0.25, 0.3) is 5.69 Å². The molecule has 5 nitrogen and oxygen atoms in total. The topological polar surface area (TPSA) is 56.2 Å². The van der Waals surface area contributed by atoms with Crippen molar-refractivity contribution in [2.45, 2.75) is 13.5 Å². The molecule has 6 heteroatoms. The summed E-state index contributed by atoms with van der Waals surface area (Å²) < 4.78 is 7.52. The predicted molar refractivity (Wildman–Crippen MR) is 118 cm³/mol. The number of ether oxygens (including phenoxy) is 1. The molecule has 4 aromatic rings. The van der Waals surface area contributed by atoms with Gasteiger partial charge >= 0.3 is 0 Å². The van der Waals surface area contributed by atoms with Crippen LogP contribution in [0.1, 0.15) is 21.6 Å². The first-order valence-corrected chi connectivity index (χ1v) is 9.86. The van der Waals surface area contributed by atoms with Crippen LogP contribution in [0.15, 0.2) is 85.1 Å². The number of halogens is 1. The summed E-state index contributed by atoms with van der Waals surface area (Å²) in [6.07, 6.45) is 1.90. The summed E-state index contributed by atoms with van der Waals surface area (Å²) in [5.74, 6) is 0.581. The summed E-state index contributed by atoms with van der Waals surface area (Å²) in [5.41, 5.74) is 4.17. The van der Waals surface area contributed by atoms with Gasteiger partial charge in [-0.1, -0.05) is 23.7 Å². The van der Waals surface area contributed by atoms with Crippen molar-refractivity contribution in [3.8, 4) is 11.4 Å². The Morgan fingerprint density at radius 1 is 0.967 bits per heavy atom. The van der Waals surface area contributed by atoms with Crippen LogP contribution < -0.4 is 10.1 Å². The monoisotopic (exact) mass is 417 g/mol. The highest BCUT2D eigenvalue weighted by Crippen LogP contribution is 2.18. The van der Waals surface area contributed by atoms with E-state index in [4.69, 9.17) is 16.3 Å². The average molecular weight is 418 g/mol. The summed E-state index contributed by atoms with van der Waals surface area (Å²) in [4.78, 5) is 12.5. The van der Waals surface area contributed by atoms with Gasteiger partial charge in [-0.3, -0.25) is 4.79 Å². The number of amides is 1. The molecule has 1 amide bonds. The molecular weight excluding hydrogens is 398 g/mol. The van der Waals surface area contributed by atoms with Crippen molar-refractivity contribution in [2.75, 3.05) is 5.32 Å². The van der Waals surface area contributed by atoms with Gasteiger partial charge in [0.05, 0.1) is 11.4 Å². The van der Waals surface area contributed by atoms with Crippen molar-refractivity contribution in [2.24, 2.45) is 0 Å². The standard InChI is InChI=1S/C24H20ClN3O2/c1-17-14-15-28(27-17)22-10-8-21(9-11-22)26-24(29)19-4-2-18(3-5-19)16-30-23-12-6-20(25)7-13-23/h2-15H,16H2,1H3,(H,26,29). The van der Waals surface area contributed by atoms with E-state index in [-0.39, 0.29) is 5.91 Å². The van der Waals surface area contributed by atoms with Crippen LogP contribution in [0.5, 0.6) is 5.75 Å². The minimum atomic E-state index is -0.164. The van der Waals surface area contributed by atoms with Crippen LogP contribution in [0.2, 0.25) is 5.02 Å². The number of carbonyl (C=O) groups is 1. The molecule has 30 heavy (non-hydrogen) atoms. The third-order valence-corrected chi connectivity index (χ3v) is 4.80. The maximum absolute atomic E-state index is 12.5. The Hall–Kier alpha value is -3.57. The molecule has 1 aromatic heterocycles. The molecule has 1 N–H and O–H groups in total. The zero-order valence-corrected chi connectivity index (χ0v) is 17.1. The van der Waals surface area contributed by atoms with Crippen LogP contribution in [0.4, 0.5) is 5.69 Å². The summed E-state index contributed by atoms with van der Waals surface area (Å²) in [6, 6.07) is 24.1. The number of aryl methyl sites for hydroxylation is 1. The van der Waals surface area contributed by atoms with Crippen molar-refractivity contribution in [1.29, 1.82) is 0 Å². The molecule has 1 heterocycles. The van der Waals surface area contributed by atoms with Gasteiger partial charge in [-0.25, -0.2) is 4.68 Å². The highest BCUT2D eigenvalue weighted by atomic mass is 35.5. The Balaban J connectivity index is 1.34. The molecule has 0 bridgehead atoms. The highest BCUT2D eigenvalue weighted by molar-refractivity contribution is 6.30. The molecule has 0 atom stereocenters. The smallest absolute Gasteiger partial charge is 0.255 e. The molecule has 4 rings (SSSR count). The first-order chi connectivity index (χ1) is 14.6. The first kappa shape index (κ1) is 19.7. The number of hydrogen-bond donors (Lipinski definition) is 1. The Bertz CT molecular complexity index is 1130. The molecule has 0 spiro atoms. The zero-order chi connectivity index (χ0) is 20.9. The van der Waals surface area contributed by atoms with Crippen molar-refractivity contribution in [3.63, 3.8) is 0 Å². The molecule has 0 aliphatic heterocycles. The minimum Gasteiger partial charge on any atom is -0.489 e. The molecule has 150 valence electrons. The summed E-state index contributed by atoms with van der Waals surface area (Å²) >= 11 is 5.87. The molecule has 0 saturated heterocycles. The summed E-state index contributed by atoms with van der Waals surface area (Å²) in [7, 11) is 0. The third-order valence-electron chi connectivity index (χ3n) is 4.55. The zero-order valence-electron chi connectivity index (χ0n) is 16.4. The van der Waals surface area contributed by atoms with Gasteiger partial charge in [0.15, 0.2) is 0 Å². The number of nitrogens with zero attached hydrogens (tertiary/aromatic N) is 2. The lowest BCUT2D eigenvalue weighted by Crippen LogP contribution is -2.12. The normalized spacial score (nSPS) is 10.6. The third kappa shape index (κ3) is 4.88. The maximum atomic E-state index is 12.5. The second kappa shape index (κ2) is 8.84. The fourth-order valence-corrected chi connectivity index (χ4v) is 3.04. The van der Waals surface area contributed by atoms with E-state index in [1.54, 1.807) is 28.9 Å². The second-order valence-electron chi connectivity index (χ2n) is 6.84. The Kier molecular flexibility index (Phi) is 5.82. The van der Waals surface area contributed by atoms with E-state index in [1.165, 1.54) is 0 Å². The minimum absolute atomic E-state index is 0.164. The molecule has 0 fully saturated rings. The number of rotatable bonds is 6. The van der Waals surface area contributed by atoms with Crippen LogP contribution >= 0.6 is 11.6 Å². The van der Waals surface area contributed by atoms with Gasteiger partial charge in [0.1, 0.15) is 12.4 Å². The largest absolute Gasteiger partial charge is 0.489 e. The van der Waals surface area contributed by atoms with Gasteiger partial charge in [0.2, 0.25) is 0 Å². The maximum Gasteiger partial charge on any atom is 0.255 e. The molecule has 0 aliphatic rings. The van der Waals surface area contributed by atoms with E-state index >= 15 is 0 Å². The number of aromatic nitrogens is 2. The van der Waals surface area contributed by atoms with Crippen molar-refractivity contribution >= 4 is 23.2 Å². The van der Waals surface area contributed by atoms with Gasteiger partial charge in [-0.05, 0) is 79.2 Å². The number of anilines is 1. The molecule has 0 saturated carbocycles. The lowest BCUT2D eigenvalue weighted by atomic mass is 10.1. The highest BCUT2D eigenvalue weighted by Gasteiger charge is 2.07. The van der Waals surface area contributed by atoms with Crippen LogP contribution in [-0.2, 0) is 6.61 Å². The summed E-state index contributed by atoms with van der Waals surface area (Å²) in [5, 5.41) is 7.96. The fourth-order valence-electron chi connectivity index (χ4n) is 2.91. The average Bonchev–Trinajstić information content (AvgIpc) is 3.20. The van der Waals surface area contributed by atoms with E-state index in [0.717, 1.165) is 28.4 Å². The fraction of sp³-hybridized carbons (Fsp3) is 0.0833. The first-order valence-electron chi connectivity index (χ1n) is 9.48. The molecule has 0 aliphatic carbocycles. The SMILES string of the molecule is Cc1ccn(-c2ccc(NC(=O)c3ccc(COc4ccc(Cl)cc4)cc3)cc2)n1. The number of nitrogens with one attached hydrogen (secondary N) is 1. The molecular formula is C24H20ClN3O2. The predicted octanol–water partition coefficient (Wildman–Crippen LogP) is 5.67. The van der Waals surface area contributed by atoms with Gasteiger partial charge in [0.25, 0.3) is 5.91 Å². The number of carbonyl (C=O) groups excluding carboxylic acids is 1. The second-order valence-corrected chi connectivity index (χ2v) is 7.28. The van der Waals surface area contributed by atoms with Crippen molar-refractivity contribution in [3.05, 3.63) is 107 Å². The molecule has 3 aromatic carbocycles. The summed E-state index contributed by atoms with van der Waals surface area (Å²) in [6.45, 7) is 2.36. The molecule has 0 radical (unpaired) electrons. The lowest BCUT2D eigenvalue weighted by molar-refractivity contribution is 0.102. The van der Waals surface area contributed by atoms with Crippen molar-refractivity contribution < 1.29 is 9.53 Å². The number of hydrogen-bond acceptors (Lipinski definition) is 3. The Morgan fingerprint density at radius 2 is 1.67 bits per heavy atom. The van der Waals surface area contributed by atoms with E-state index < -0.39 is 0 Å². The van der Waals surface area contributed by atoms with Gasteiger partial charge < -0.3 is 10.1 Å². The quantitative estimate of drug-likeness (QED) is 0.440. The van der Waals surface area contributed by atoms with Crippen LogP contribution in [0, 0.1) is 6.92 Å². The van der Waals surface area contributed by atoms with Crippen LogP contribution in [0.3, 0.4) is 0 Å². The van der Waals surface area contributed by atoms with E-state index in [0.29, 0.717) is 17.2 Å². The number of benzene rings is 3. The lowest BCUT2D eigenvalue weighted by Gasteiger charge is -2.09. The Labute approximate surface area is 179 Å². The van der Waals surface area contributed by atoms with Gasteiger partial charge in [-0.2, -0.15) is 5.10 Å². The molecule has 0 unspecified atom stereocenters. The van der Waals surface area contributed by atoms with Gasteiger partial charge in [-0.15, -0.1) is 0 Å². The van der Waals surface area contributed by atoms with Crippen molar-refractivity contribution in [1.82, 2.24) is 9.78 Å². The van der Waals surface area contributed by atoms with Gasteiger partial charge in [0, 0.05) is 22.5 Å². The Morgan fingerprint density at radius 3 is 2.30 bits per heavy atom. The van der Waals surface area contributed by atoms with Crippen LogP contribution in [-0.4, -0.2) is 15.7 Å². The van der Waals surface area contributed by atoms with E-state index in [1.807, 2.05) is 67.7 Å². The van der Waals surface area contributed by atoms with E-state index in [9.17, 15) is 4.79 Å².